The molecule has 0 radical (unpaired) electrons. The van der Waals surface area contributed by atoms with Crippen molar-refractivity contribution >= 4 is 29.5 Å². The number of benzene rings is 2. The van der Waals surface area contributed by atoms with Crippen molar-refractivity contribution in [3.8, 4) is 0 Å². The Morgan fingerprint density at radius 2 is 1.71 bits per heavy atom. The lowest BCUT2D eigenvalue weighted by Crippen LogP contribution is -2.54. The number of fused-ring (bicyclic) bond motifs is 3. The van der Waals surface area contributed by atoms with E-state index >= 15 is 0 Å². The number of hydrogen-bond acceptors (Lipinski definition) is 5. The van der Waals surface area contributed by atoms with E-state index in [-0.39, 0.29) is 23.1 Å². The van der Waals surface area contributed by atoms with E-state index in [4.69, 9.17) is 0 Å². The largest absolute Gasteiger partial charge is 0.350 e. The maximum atomic E-state index is 13.8. The smallest absolute Gasteiger partial charge is 0.256 e. The molecule has 7 nitrogen and oxygen atoms in total. The van der Waals surface area contributed by atoms with Gasteiger partial charge < -0.3 is 15.5 Å². The summed E-state index contributed by atoms with van der Waals surface area (Å²) in [6.07, 6.45) is 3.33. The number of rotatable bonds is 6. The SMILES string of the molecule is CC1(C)S[C@H]2c3ccccc3C(=O)N2[C@@H]1C(=O)N[C@H](C(=O)NCc1ccncc1)c1ccccc1. The van der Waals surface area contributed by atoms with Gasteiger partial charge in [-0.25, -0.2) is 0 Å². The van der Waals surface area contributed by atoms with Gasteiger partial charge in [-0.3, -0.25) is 19.4 Å². The Hall–Kier alpha value is -3.65. The van der Waals surface area contributed by atoms with E-state index in [0.29, 0.717) is 17.7 Å². The first-order valence-electron chi connectivity index (χ1n) is 11.5. The van der Waals surface area contributed by atoms with Crippen LogP contribution in [0.1, 0.15) is 52.3 Å². The summed E-state index contributed by atoms with van der Waals surface area (Å²) in [6, 6.07) is 18.7. The average molecular weight is 487 g/mol. The molecule has 3 amide bonds. The van der Waals surface area contributed by atoms with E-state index in [9.17, 15) is 14.4 Å². The third kappa shape index (κ3) is 4.30. The number of nitrogens with zero attached hydrogens (tertiary/aromatic N) is 2. The number of amides is 3. The van der Waals surface area contributed by atoms with Gasteiger partial charge >= 0.3 is 0 Å². The zero-order valence-corrected chi connectivity index (χ0v) is 20.3. The van der Waals surface area contributed by atoms with Crippen molar-refractivity contribution in [2.75, 3.05) is 0 Å². The summed E-state index contributed by atoms with van der Waals surface area (Å²) in [5.74, 6) is -0.821. The van der Waals surface area contributed by atoms with E-state index in [0.717, 1.165) is 11.1 Å². The van der Waals surface area contributed by atoms with Crippen LogP contribution in [0.15, 0.2) is 79.1 Å². The van der Waals surface area contributed by atoms with E-state index in [2.05, 4.69) is 15.6 Å². The Morgan fingerprint density at radius 3 is 2.46 bits per heavy atom. The summed E-state index contributed by atoms with van der Waals surface area (Å²) in [4.78, 5) is 46.0. The van der Waals surface area contributed by atoms with E-state index < -0.39 is 16.8 Å². The summed E-state index contributed by atoms with van der Waals surface area (Å²) in [7, 11) is 0. The molecular weight excluding hydrogens is 460 g/mol. The number of thioether (sulfide) groups is 1. The minimum Gasteiger partial charge on any atom is -0.350 e. The molecule has 0 saturated carbocycles. The van der Waals surface area contributed by atoms with Crippen LogP contribution in [-0.4, -0.2) is 38.4 Å². The van der Waals surface area contributed by atoms with Crippen LogP contribution in [-0.2, 0) is 16.1 Å². The Labute approximate surface area is 208 Å². The number of pyridine rings is 1. The highest BCUT2D eigenvalue weighted by Crippen LogP contribution is 2.56. The van der Waals surface area contributed by atoms with Crippen molar-refractivity contribution in [3.05, 3.63) is 101 Å². The fourth-order valence-corrected chi connectivity index (χ4v) is 6.35. The summed E-state index contributed by atoms with van der Waals surface area (Å²) in [5, 5.41) is 5.65. The van der Waals surface area contributed by atoms with Crippen LogP contribution in [0, 0.1) is 0 Å². The maximum Gasteiger partial charge on any atom is 0.256 e. The Balaban J connectivity index is 1.40. The molecule has 1 fully saturated rings. The van der Waals surface area contributed by atoms with Crippen molar-refractivity contribution in [3.63, 3.8) is 0 Å². The fourth-order valence-electron chi connectivity index (χ4n) is 4.76. The van der Waals surface area contributed by atoms with Gasteiger partial charge in [0, 0.05) is 29.2 Å². The Morgan fingerprint density at radius 1 is 1.03 bits per heavy atom. The van der Waals surface area contributed by atoms with Crippen molar-refractivity contribution < 1.29 is 14.4 Å². The molecule has 2 aromatic carbocycles. The van der Waals surface area contributed by atoms with Crippen LogP contribution < -0.4 is 10.6 Å². The van der Waals surface area contributed by atoms with Crippen molar-refractivity contribution in [1.29, 1.82) is 0 Å². The van der Waals surface area contributed by atoms with Crippen LogP contribution in [0.25, 0.3) is 0 Å². The molecule has 0 unspecified atom stereocenters. The van der Waals surface area contributed by atoms with Crippen LogP contribution in [0.4, 0.5) is 0 Å². The van der Waals surface area contributed by atoms with Gasteiger partial charge in [-0.2, -0.15) is 0 Å². The van der Waals surface area contributed by atoms with Gasteiger partial charge in [0.25, 0.3) is 5.91 Å². The molecule has 35 heavy (non-hydrogen) atoms. The topological polar surface area (TPSA) is 91.4 Å². The molecule has 1 aromatic heterocycles. The summed E-state index contributed by atoms with van der Waals surface area (Å²) < 4.78 is -0.535. The van der Waals surface area contributed by atoms with Gasteiger partial charge in [-0.05, 0) is 48.7 Å². The van der Waals surface area contributed by atoms with E-state index in [1.165, 1.54) is 0 Å². The minimum absolute atomic E-state index is 0.151. The first-order valence-corrected chi connectivity index (χ1v) is 12.4. The number of nitrogens with one attached hydrogen (secondary N) is 2. The van der Waals surface area contributed by atoms with Gasteiger partial charge in [0.1, 0.15) is 17.5 Å². The summed E-state index contributed by atoms with van der Waals surface area (Å²) in [5.41, 5.74) is 3.14. The van der Waals surface area contributed by atoms with Gasteiger partial charge in [0.15, 0.2) is 0 Å². The molecule has 1 saturated heterocycles. The quantitative estimate of drug-likeness (QED) is 0.556. The number of carbonyl (C=O) groups is 3. The first kappa shape index (κ1) is 23.1. The molecule has 3 heterocycles. The number of carbonyl (C=O) groups excluding carboxylic acids is 3. The second kappa shape index (κ2) is 9.19. The molecule has 0 aliphatic carbocycles. The van der Waals surface area contributed by atoms with Gasteiger partial charge in [-0.1, -0.05) is 48.5 Å². The molecule has 2 aliphatic heterocycles. The normalized spacial score (nSPS) is 20.6. The molecule has 5 rings (SSSR count). The minimum atomic E-state index is -0.898. The molecule has 3 atom stereocenters. The zero-order chi connectivity index (χ0) is 24.6. The Bertz CT molecular complexity index is 1270. The fraction of sp³-hybridized carbons (Fsp3) is 0.259. The second-order valence-corrected chi connectivity index (χ2v) is 10.9. The van der Waals surface area contributed by atoms with Crippen molar-refractivity contribution in [2.24, 2.45) is 0 Å². The number of hydrogen-bond donors (Lipinski definition) is 2. The summed E-state index contributed by atoms with van der Waals surface area (Å²) >= 11 is 1.60. The molecule has 2 aliphatic rings. The van der Waals surface area contributed by atoms with E-state index in [1.807, 2.05) is 74.5 Å². The van der Waals surface area contributed by atoms with Gasteiger partial charge in [0.2, 0.25) is 11.8 Å². The highest BCUT2D eigenvalue weighted by molar-refractivity contribution is 8.01. The van der Waals surface area contributed by atoms with Crippen LogP contribution in [0.2, 0.25) is 0 Å². The van der Waals surface area contributed by atoms with Crippen LogP contribution in [0.5, 0.6) is 0 Å². The summed E-state index contributed by atoms with van der Waals surface area (Å²) in [6.45, 7) is 4.25. The Kier molecular flexibility index (Phi) is 6.06. The molecular formula is C27H26N4O3S. The lowest BCUT2D eigenvalue weighted by Gasteiger charge is -2.31. The molecule has 8 heteroatoms. The van der Waals surface area contributed by atoms with Gasteiger partial charge in [-0.15, -0.1) is 11.8 Å². The number of aromatic nitrogens is 1. The van der Waals surface area contributed by atoms with Crippen molar-refractivity contribution in [1.82, 2.24) is 20.5 Å². The third-order valence-electron chi connectivity index (χ3n) is 6.44. The molecule has 2 N–H and O–H groups in total. The average Bonchev–Trinajstić information content (AvgIpc) is 3.30. The van der Waals surface area contributed by atoms with Gasteiger partial charge in [0.05, 0.1) is 0 Å². The standard InChI is InChI=1S/C27H26N4O3S/c1-27(2)22(31-25(34)19-10-6-7-11-20(19)26(31)35-27)24(33)30-21(18-8-4-3-5-9-18)23(32)29-16-17-12-14-28-15-13-17/h3-15,21-22,26H,16H2,1-2H3,(H,29,32)(H,30,33)/t21-,22+,26-/m0/s1. The lowest BCUT2D eigenvalue weighted by molar-refractivity contribution is -0.132. The lowest BCUT2D eigenvalue weighted by atomic mass is 9.99. The molecule has 0 bridgehead atoms. The second-order valence-electron chi connectivity index (χ2n) is 9.20. The predicted octanol–water partition coefficient (Wildman–Crippen LogP) is 3.60. The molecule has 178 valence electrons. The third-order valence-corrected chi connectivity index (χ3v) is 7.98. The molecule has 0 spiro atoms. The van der Waals surface area contributed by atoms with E-state index in [1.54, 1.807) is 35.1 Å². The highest BCUT2D eigenvalue weighted by atomic mass is 32.2. The van der Waals surface area contributed by atoms with Crippen molar-refractivity contribution in [2.45, 2.75) is 42.6 Å². The highest BCUT2D eigenvalue weighted by Gasteiger charge is 2.57. The first-order chi connectivity index (χ1) is 16.9. The molecule has 3 aromatic rings. The monoisotopic (exact) mass is 486 g/mol. The van der Waals surface area contributed by atoms with Crippen LogP contribution >= 0.6 is 11.8 Å². The maximum absolute atomic E-state index is 13.8. The zero-order valence-electron chi connectivity index (χ0n) is 19.5. The van der Waals surface area contributed by atoms with Crippen LogP contribution in [0.3, 0.4) is 0 Å². The predicted molar refractivity (Wildman–Crippen MR) is 134 cm³/mol.